The Morgan fingerprint density at radius 1 is 0.829 bits per heavy atom. The molecule has 0 saturated heterocycles. The van der Waals surface area contributed by atoms with Gasteiger partial charge in [-0.1, -0.05) is 60.7 Å². The van der Waals surface area contributed by atoms with Gasteiger partial charge in [0.05, 0.1) is 12.4 Å². The lowest BCUT2D eigenvalue weighted by Crippen LogP contribution is -2.30. The standard InChI is InChI=1S/C33H31N3O4S/c1-3-40-30-19-10-8-15-25(30)20-29(36-32(38)24-13-5-4-6-14-24)33(39)34-26-16-11-17-27(21-26)41-22-31(37)35-28-18-9-7-12-23(28)2/h4-21H,3,22H2,1-2H3,(H,34,39)(H,35,37)(H,36,38)/b29-20+. The number of rotatable bonds is 11. The fourth-order valence-electron chi connectivity index (χ4n) is 3.90. The molecular formula is C33H31N3O4S. The number of carbonyl (C=O) groups is 3. The molecule has 0 aliphatic carbocycles. The first-order valence-electron chi connectivity index (χ1n) is 13.1. The predicted molar refractivity (Wildman–Crippen MR) is 165 cm³/mol. The quantitative estimate of drug-likeness (QED) is 0.142. The van der Waals surface area contributed by atoms with Crippen molar-refractivity contribution >= 4 is 46.9 Å². The number of ether oxygens (including phenoxy) is 1. The van der Waals surface area contributed by atoms with Gasteiger partial charge in [0, 0.05) is 27.4 Å². The fourth-order valence-corrected chi connectivity index (χ4v) is 4.65. The molecule has 0 bridgehead atoms. The van der Waals surface area contributed by atoms with Crippen LogP contribution in [0.3, 0.4) is 0 Å². The van der Waals surface area contributed by atoms with E-state index in [0.717, 1.165) is 16.1 Å². The molecular weight excluding hydrogens is 534 g/mol. The summed E-state index contributed by atoms with van der Waals surface area (Å²) in [5.41, 5.74) is 3.42. The van der Waals surface area contributed by atoms with E-state index in [0.29, 0.717) is 29.2 Å². The summed E-state index contributed by atoms with van der Waals surface area (Å²) < 4.78 is 5.71. The largest absolute Gasteiger partial charge is 0.493 e. The molecule has 0 atom stereocenters. The van der Waals surface area contributed by atoms with Gasteiger partial charge in [-0.25, -0.2) is 0 Å². The van der Waals surface area contributed by atoms with E-state index < -0.39 is 11.8 Å². The van der Waals surface area contributed by atoms with E-state index in [1.54, 1.807) is 54.6 Å². The van der Waals surface area contributed by atoms with Gasteiger partial charge in [0.15, 0.2) is 0 Å². The minimum atomic E-state index is -0.500. The van der Waals surface area contributed by atoms with Crippen molar-refractivity contribution in [1.29, 1.82) is 0 Å². The van der Waals surface area contributed by atoms with Gasteiger partial charge in [0.1, 0.15) is 11.4 Å². The highest BCUT2D eigenvalue weighted by Crippen LogP contribution is 2.24. The van der Waals surface area contributed by atoms with Crippen LogP contribution >= 0.6 is 11.8 Å². The molecule has 0 aliphatic rings. The van der Waals surface area contributed by atoms with E-state index in [1.807, 2.05) is 68.4 Å². The summed E-state index contributed by atoms with van der Waals surface area (Å²) in [5, 5.41) is 8.54. The SMILES string of the molecule is CCOc1ccccc1/C=C(/NC(=O)c1ccccc1)C(=O)Nc1cccc(SCC(=O)Nc2ccccc2C)c1. The Labute approximate surface area is 244 Å². The van der Waals surface area contributed by atoms with Crippen LogP contribution in [0, 0.1) is 6.92 Å². The number of hydrogen-bond acceptors (Lipinski definition) is 5. The molecule has 0 spiro atoms. The van der Waals surface area contributed by atoms with Gasteiger partial charge < -0.3 is 20.7 Å². The average molecular weight is 566 g/mol. The molecule has 3 amide bonds. The van der Waals surface area contributed by atoms with Crippen LogP contribution in [0.2, 0.25) is 0 Å². The minimum absolute atomic E-state index is 0.0571. The predicted octanol–water partition coefficient (Wildman–Crippen LogP) is 6.53. The summed E-state index contributed by atoms with van der Waals surface area (Å²) in [7, 11) is 0. The summed E-state index contributed by atoms with van der Waals surface area (Å²) in [4.78, 5) is 39.7. The first kappa shape index (κ1) is 29.2. The van der Waals surface area contributed by atoms with Crippen LogP contribution in [0.25, 0.3) is 6.08 Å². The van der Waals surface area contributed by atoms with Crippen LogP contribution in [-0.4, -0.2) is 30.1 Å². The first-order chi connectivity index (χ1) is 19.9. The van der Waals surface area contributed by atoms with Crippen molar-refractivity contribution in [3.63, 3.8) is 0 Å². The number of aryl methyl sites for hydroxylation is 1. The molecule has 0 saturated carbocycles. The third-order valence-electron chi connectivity index (χ3n) is 5.93. The monoisotopic (exact) mass is 565 g/mol. The average Bonchev–Trinajstić information content (AvgIpc) is 2.98. The highest BCUT2D eigenvalue weighted by atomic mass is 32.2. The topological polar surface area (TPSA) is 96.5 Å². The highest BCUT2D eigenvalue weighted by molar-refractivity contribution is 8.00. The number of carbonyl (C=O) groups excluding carboxylic acids is 3. The van der Waals surface area contributed by atoms with Crippen LogP contribution in [-0.2, 0) is 9.59 Å². The molecule has 0 fully saturated rings. The maximum atomic E-state index is 13.5. The number of benzene rings is 4. The number of para-hydroxylation sites is 2. The molecule has 208 valence electrons. The maximum absolute atomic E-state index is 13.5. The van der Waals surface area contributed by atoms with E-state index in [2.05, 4.69) is 16.0 Å². The molecule has 7 nitrogen and oxygen atoms in total. The van der Waals surface area contributed by atoms with Gasteiger partial charge in [0.25, 0.3) is 11.8 Å². The Kier molecular flexibility index (Phi) is 10.3. The van der Waals surface area contributed by atoms with E-state index in [-0.39, 0.29) is 17.4 Å². The zero-order valence-corrected chi connectivity index (χ0v) is 23.7. The summed E-state index contributed by atoms with van der Waals surface area (Å²) in [6, 6.07) is 30.8. The summed E-state index contributed by atoms with van der Waals surface area (Å²) in [6.07, 6.45) is 1.59. The van der Waals surface area contributed by atoms with Gasteiger partial charge in [-0.3, -0.25) is 14.4 Å². The second-order valence-corrected chi connectivity index (χ2v) is 10.0. The smallest absolute Gasteiger partial charge is 0.272 e. The Balaban J connectivity index is 1.49. The number of thioether (sulfide) groups is 1. The Hall–Kier alpha value is -4.82. The lowest BCUT2D eigenvalue weighted by molar-refractivity contribution is -0.114. The van der Waals surface area contributed by atoms with Crippen molar-refractivity contribution in [2.24, 2.45) is 0 Å². The van der Waals surface area contributed by atoms with Crippen molar-refractivity contribution in [2.75, 3.05) is 23.0 Å². The lowest BCUT2D eigenvalue weighted by atomic mass is 10.1. The van der Waals surface area contributed by atoms with Crippen molar-refractivity contribution in [2.45, 2.75) is 18.7 Å². The number of anilines is 2. The van der Waals surface area contributed by atoms with Crippen LogP contribution in [0.15, 0.2) is 114 Å². The highest BCUT2D eigenvalue weighted by Gasteiger charge is 2.16. The normalized spacial score (nSPS) is 10.9. The third-order valence-corrected chi connectivity index (χ3v) is 6.92. The van der Waals surface area contributed by atoms with Crippen LogP contribution in [0.1, 0.15) is 28.4 Å². The third kappa shape index (κ3) is 8.58. The molecule has 41 heavy (non-hydrogen) atoms. The second kappa shape index (κ2) is 14.5. The van der Waals surface area contributed by atoms with Gasteiger partial charge >= 0.3 is 0 Å². The molecule has 0 heterocycles. The van der Waals surface area contributed by atoms with Crippen molar-refractivity contribution in [3.05, 3.63) is 126 Å². The molecule has 8 heteroatoms. The van der Waals surface area contributed by atoms with Gasteiger partial charge in [-0.05, 0) is 68.0 Å². The second-order valence-electron chi connectivity index (χ2n) is 8.98. The van der Waals surface area contributed by atoms with Gasteiger partial charge in [-0.2, -0.15) is 0 Å². The van der Waals surface area contributed by atoms with E-state index in [9.17, 15) is 14.4 Å². The zero-order chi connectivity index (χ0) is 29.0. The first-order valence-corrected chi connectivity index (χ1v) is 14.1. The van der Waals surface area contributed by atoms with E-state index in [4.69, 9.17) is 4.74 Å². The zero-order valence-electron chi connectivity index (χ0n) is 22.8. The fraction of sp³-hybridized carbons (Fsp3) is 0.121. The summed E-state index contributed by atoms with van der Waals surface area (Å²) in [6.45, 7) is 4.27. The molecule has 4 aromatic carbocycles. The maximum Gasteiger partial charge on any atom is 0.272 e. The van der Waals surface area contributed by atoms with Crippen molar-refractivity contribution < 1.29 is 19.1 Å². The molecule has 0 unspecified atom stereocenters. The molecule has 0 radical (unpaired) electrons. The number of hydrogen-bond donors (Lipinski definition) is 3. The molecule has 0 aromatic heterocycles. The molecule has 4 aromatic rings. The van der Waals surface area contributed by atoms with Crippen LogP contribution in [0.5, 0.6) is 5.75 Å². The van der Waals surface area contributed by atoms with Gasteiger partial charge in [-0.15, -0.1) is 11.8 Å². The minimum Gasteiger partial charge on any atom is -0.493 e. The summed E-state index contributed by atoms with van der Waals surface area (Å²) in [5.74, 6) is -0.236. The Morgan fingerprint density at radius 3 is 2.34 bits per heavy atom. The molecule has 4 rings (SSSR count). The Morgan fingerprint density at radius 2 is 1.56 bits per heavy atom. The van der Waals surface area contributed by atoms with Crippen molar-refractivity contribution in [3.8, 4) is 5.75 Å². The van der Waals surface area contributed by atoms with E-state index in [1.165, 1.54) is 11.8 Å². The lowest BCUT2D eigenvalue weighted by Gasteiger charge is -2.13. The molecule has 0 aliphatic heterocycles. The van der Waals surface area contributed by atoms with Gasteiger partial charge in [0.2, 0.25) is 5.91 Å². The van der Waals surface area contributed by atoms with Crippen LogP contribution in [0.4, 0.5) is 11.4 Å². The summed E-state index contributed by atoms with van der Waals surface area (Å²) >= 11 is 1.36. The number of amides is 3. The Bertz CT molecular complexity index is 1550. The van der Waals surface area contributed by atoms with Crippen LogP contribution < -0.4 is 20.7 Å². The van der Waals surface area contributed by atoms with E-state index >= 15 is 0 Å². The number of nitrogens with one attached hydrogen (secondary N) is 3. The molecule has 3 N–H and O–H groups in total. The van der Waals surface area contributed by atoms with Crippen molar-refractivity contribution in [1.82, 2.24) is 5.32 Å².